The molecule has 2 rings (SSSR count). The van der Waals surface area contributed by atoms with Gasteiger partial charge in [-0.15, -0.1) is 12.4 Å². The third-order valence-corrected chi connectivity index (χ3v) is 4.20. The third-order valence-electron chi connectivity index (χ3n) is 3.50. The normalized spacial score (nSPS) is 28.1. The van der Waals surface area contributed by atoms with Crippen molar-refractivity contribution in [2.45, 2.75) is 38.6 Å². The lowest BCUT2D eigenvalue weighted by molar-refractivity contribution is 0.256. The number of thiophene rings is 1. The molecule has 1 fully saturated rings. The van der Waals surface area contributed by atoms with E-state index in [2.05, 4.69) is 23.8 Å². The summed E-state index contributed by atoms with van der Waals surface area (Å²) in [6, 6.07) is 2.46. The summed E-state index contributed by atoms with van der Waals surface area (Å²) in [6.07, 6.45) is 5.36. The molecular weight excluding hydrogens is 226 g/mol. The van der Waals surface area contributed by atoms with Crippen LogP contribution in [0, 0.1) is 11.8 Å². The minimum atomic E-state index is 0. The Balaban J connectivity index is 0.00000112. The Morgan fingerprint density at radius 1 is 1.33 bits per heavy atom. The molecule has 0 spiro atoms. The molecule has 1 aromatic rings. The molecule has 0 radical (unpaired) electrons. The quantitative estimate of drug-likeness (QED) is 0.838. The fraction of sp³-hybridized carbons (Fsp3) is 0.667. The molecule has 1 saturated carbocycles. The van der Waals surface area contributed by atoms with Crippen LogP contribution in [0.1, 0.15) is 44.2 Å². The first-order chi connectivity index (χ1) is 6.77. The van der Waals surface area contributed by atoms with E-state index in [1.165, 1.54) is 31.2 Å². The molecule has 0 saturated heterocycles. The van der Waals surface area contributed by atoms with E-state index in [0.29, 0.717) is 0 Å². The Hall–Kier alpha value is -0.0500. The fourth-order valence-electron chi connectivity index (χ4n) is 2.38. The molecule has 1 nitrogen and oxygen atoms in total. The predicted octanol–water partition coefficient (Wildman–Crippen LogP) is 4.00. The summed E-state index contributed by atoms with van der Waals surface area (Å²) in [5.41, 5.74) is 7.61. The van der Waals surface area contributed by atoms with Gasteiger partial charge in [-0.25, -0.2) is 0 Å². The highest BCUT2D eigenvalue weighted by atomic mass is 35.5. The lowest BCUT2D eigenvalue weighted by Gasteiger charge is -2.30. The van der Waals surface area contributed by atoms with Gasteiger partial charge in [-0.1, -0.05) is 19.8 Å². The minimum Gasteiger partial charge on any atom is -0.324 e. The predicted molar refractivity (Wildman–Crippen MR) is 69.6 cm³/mol. The van der Waals surface area contributed by atoms with Crippen LogP contribution in [0.5, 0.6) is 0 Å². The molecule has 1 aromatic heterocycles. The van der Waals surface area contributed by atoms with Crippen molar-refractivity contribution in [1.82, 2.24) is 0 Å². The average Bonchev–Trinajstić information content (AvgIpc) is 2.71. The van der Waals surface area contributed by atoms with Crippen molar-refractivity contribution < 1.29 is 0 Å². The van der Waals surface area contributed by atoms with Crippen LogP contribution in [-0.2, 0) is 0 Å². The van der Waals surface area contributed by atoms with Crippen LogP contribution in [0.2, 0.25) is 0 Å². The largest absolute Gasteiger partial charge is 0.324 e. The number of hydrogen-bond acceptors (Lipinski definition) is 2. The zero-order valence-corrected chi connectivity index (χ0v) is 10.8. The van der Waals surface area contributed by atoms with Gasteiger partial charge in [-0.3, -0.25) is 0 Å². The number of halogens is 1. The van der Waals surface area contributed by atoms with Gasteiger partial charge in [0.05, 0.1) is 0 Å². The van der Waals surface area contributed by atoms with Crippen LogP contribution in [0.15, 0.2) is 16.8 Å². The molecular formula is C12H20ClNS. The number of hydrogen-bond donors (Lipinski definition) is 1. The lowest BCUT2D eigenvalue weighted by Crippen LogP contribution is -2.25. The van der Waals surface area contributed by atoms with E-state index in [9.17, 15) is 0 Å². The molecule has 0 aromatic carbocycles. The van der Waals surface area contributed by atoms with Gasteiger partial charge in [0.1, 0.15) is 0 Å². The maximum absolute atomic E-state index is 6.27. The van der Waals surface area contributed by atoms with Crippen LogP contribution in [0.3, 0.4) is 0 Å². The highest BCUT2D eigenvalue weighted by molar-refractivity contribution is 7.07. The molecule has 1 atom stereocenters. The zero-order valence-electron chi connectivity index (χ0n) is 9.19. The second-order valence-electron chi connectivity index (χ2n) is 4.60. The summed E-state index contributed by atoms with van der Waals surface area (Å²) in [7, 11) is 0. The molecule has 1 aliphatic rings. The molecule has 0 amide bonds. The van der Waals surface area contributed by atoms with Crippen molar-refractivity contribution >= 4 is 23.7 Å². The Labute approximate surface area is 102 Å². The van der Waals surface area contributed by atoms with Crippen LogP contribution in [0.4, 0.5) is 0 Å². The molecule has 0 aliphatic heterocycles. The highest BCUT2D eigenvalue weighted by Gasteiger charge is 2.24. The van der Waals surface area contributed by atoms with E-state index in [1.54, 1.807) is 11.3 Å². The van der Waals surface area contributed by atoms with Gasteiger partial charge in [-0.2, -0.15) is 11.3 Å². The SMILES string of the molecule is CC1CCC(C(N)c2ccsc2)CC1.Cl. The molecule has 86 valence electrons. The third kappa shape index (κ3) is 3.20. The van der Waals surface area contributed by atoms with Gasteiger partial charge < -0.3 is 5.73 Å². The van der Waals surface area contributed by atoms with Crippen molar-refractivity contribution in [3.63, 3.8) is 0 Å². The Bertz CT molecular complexity index is 265. The summed E-state index contributed by atoms with van der Waals surface area (Å²) < 4.78 is 0. The van der Waals surface area contributed by atoms with E-state index in [-0.39, 0.29) is 18.4 Å². The van der Waals surface area contributed by atoms with E-state index in [0.717, 1.165) is 11.8 Å². The summed E-state index contributed by atoms with van der Waals surface area (Å²) in [5, 5.41) is 4.32. The Morgan fingerprint density at radius 3 is 2.53 bits per heavy atom. The first kappa shape index (κ1) is 13.0. The molecule has 2 N–H and O–H groups in total. The van der Waals surface area contributed by atoms with Crippen molar-refractivity contribution in [2.24, 2.45) is 17.6 Å². The van der Waals surface area contributed by atoms with E-state index in [4.69, 9.17) is 5.73 Å². The molecule has 15 heavy (non-hydrogen) atoms. The van der Waals surface area contributed by atoms with Gasteiger partial charge in [0.15, 0.2) is 0 Å². The summed E-state index contributed by atoms with van der Waals surface area (Å²) in [6.45, 7) is 2.35. The fourth-order valence-corrected chi connectivity index (χ4v) is 3.09. The van der Waals surface area contributed by atoms with Crippen LogP contribution >= 0.6 is 23.7 Å². The average molecular weight is 246 g/mol. The molecule has 3 heteroatoms. The second-order valence-corrected chi connectivity index (χ2v) is 5.38. The second kappa shape index (κ2) is 5.88. The monoisotopic (exact) mass is 245 g/mol. The van der Waals surface area contributed by atoms with Crippen LogP contribution in [-0.4, -0.2) is 0 Å². The van der Waals surface area contributed by atoms with Gasteiger partial charge in [0.2, 0.25) is 0 Å². The van der Waals surface area contributed by atoms with E-state index >= 15 is 0 Å². The Morgan fingerprint density at radius 2 is 2.00 bits per heavy atom. The van der Waals surface area contributed by atoms with E-state index < -0.39 is 0 Å². The Kier molecular flexibility index (Phi) is 5.10. The highest BCUT2D eigenvalue weighted by Crippen LogP contribution is 2.35. The summed E-state index contributed by atoms with van der Waals surface area (Å²) in [4.78, 5) is 0. The summed E-state index contributed by atoms with van der Waals surface area (Å²) >= 11 is 1.75. The number of rotatable bonds is 2. The van der Waals surface area contributed by atoms with Crippen molar-refractivity contribution in [1.29, 1.82) is 0 Å². The number of nitrogens with two attached hydrogens (primary N) is 1. The zero-order chi connectivity index (χ0) is 9.97. The maximum Gasteiger partial charge on any atom is 0.0331 e. The molecule has 1 aliphatic carbocycles. The lowest BCUT2D eigenvalue weighted by atomic mass is 9.78. The maximum atomic E-state index is 6.27. The van der Waals surface area contributed by atoms with Gasteiger partial charge >= 0.3 is 0 Å². The first-order valence-corrected chi connectivity index (χ1v) is 6.49. The van der Waals surface area contributed by atoms with Gasteiger partial charge in [0.25, 0.3) is 0 Å². The first-order valence-electron chi connectivity index (χ1n) is 5.55. The van der Waals surface area contributed by atoms with Gasteiger partial charge in [-0.05, 0) is 47.1 Å². The molecule has 0 bridgehead atoms. The van der Waals surface area contributed by atoms with Crippen molar-refractivity contribution in [2.75, 3.05) is 0 Å². The van der Waals surface area contributed by atoms with Crippen LogP contribution in [0.25, 0.3) is 0 Å². The topological polar surface area (TPSA) is 26.0 Å². The van der Waals surface area contributed by atoms with Crippen molar-refractivity contribution in [3.8, 4) is 0 Å². The molecule has 1 heterocycles. The minimum absolute atomic E-state index is 0. The van der Waals surface area contributed by atoms with Gasteiger partial charge in [0, 0.05) is 6.04 Å². The van der Waals surface area contributed by atoms with Crippen LogP contribution < -0.4 is 5.73 Å². The standard InChI is InChI=1S/C12H19NS.ClH/c1-9-2-4-10(5-3-9)12(13)11-6-7-14-8-11;/h6-10,12H,2-5,13H2,1H3;1H. The van der Waals surface area contributed by atoms with Crippen molar-refractivity contribution in [3.05, 3.63) is 22.4 Å². The summed E-state index contributed by atoms with van der Waals surface area (Å²) in [5.74, 6) is 1.64. The van der Waals surface area contributed by atoms with E-state index in [1.807, 2.05) is 0 Å². The smallest absolute Gasteiger partial charge is 0.0331 e. The molecule has 1 unspecified atom stereocenters.